The Balaban J connectivity index is 1.47. The molecule has 4 rings (SSSR count). The van der Waals surface area contributed by atoms with E-state index < -0.39 is 19.3 Å². The van der Waals surface area contributed by atoms with Gasteiger partial charge in [0.25, 0.3) is 0 Å². The summed E-state index contributed by atoms with van der Waals surface area (Å²) in [5.41, 5.74) is -0.105. The summed E-state index contributed by atoms with van der Waals surface area (Å²) < 4.78 is 13.1. The van der Waals surface area contributed by atoms with Gasteiger partial charge in [-0.15, -0.1) is 0 Å². The first-order valence-electron chi connectivity index (χ1n) is 16.5. The third-order valence-electron chi connectivity index (χ3n) is 10.2. The molecule has 0 aromatic heterocycles. The Morgan fingerprint density at radius 1 is 0.925 bits per heavy atom. The molecular formula is C32H59BN2O5. The maximum absolute atomic E-state index is 13.4. The van der Waals surface area contributed by atoms with Crippen molar-refractivity contribution in [3.63, 3.8) is 0 Å². The standard InChI is InChI=1S/C32H59BN2O5/c1-8-9-10-11-12-13-14-15-16-17-18-28(37)35-29(23(4)36)30(38)34-27(19-22(2)3)33-39-26-21-24-20-25(31(24,5)6)32(26,7)40-33/h22-27,29,36H,8-21H2,1-7H3,(H,34,38)(H,35,37)/t23-,24-,25-,26-,27+,29+,32+/m1/s1. The summed E-state index contributed by atoms with van der Waals surface area (Å²) in [6.07, 6.45) is 14.3. The molecule has 4 fully saturated rings. The first-order chi connectivity index (χ1) is 18.9. The van der Waals surface area contributed by atoms with Crippen LogP contribution in [0, 0.1) is 23.2 Å². The van der Waals surface area contributed by atoms with Crippen molar-refractivity contribution in [3.05, 3.63) is 0 Å². The van der Waals surface area contributed by atoms with Crippen LogP contribution in [0.3, 0.4) is 0 Å². The number of unbranched alkanes of at least 4 members (excludes halogenated alkanes) is 9. The topological polar surface area (TPSA) is 96.9 Å². The minimum atomic E-state index is -1.00. The lowest BCUT2D eigenvalue weighted by molar-refractivity contribution is -0.199. The number of hydrogen-bond acceptors (Lipinski definition) is 5. The average molecular weight is 563 g/mol. The van der Waals surface area contributed by atoms with E-state index in [4.69, 9.17) is 9.31 Å². The fourth-order valence-corrected chi connectivity index (χ4v) is 7.51. The fraction of sp³-hybridized carbons (Fsp3) is 0.938. The molecule has 0 spiro atoms. The number of carbonyl (C=O) groups is 2. The van der Waals surface area contributed by atoms with Crippen molar-refractivity contribution in [1.82, 2.24) is 10.6 Å². The van der Waals surface area contributed by atoms with E-state index in [1.807, 2.05) is 0 Å². The van der Waals surface area contributed by atoms with Crippen molar-refractivity contribution in [2.75, 3.05) is 0 Å². The maximum Gasteiger partial charge on any atom is 0.481 e. The van der Waals surface area contributed by atoms with Gasteiger partial charge in [0.2, 0.25) is 11.8 Å². The normalized spacial score (nSPS) is 28.9. The van der Waals surface area contributed by atoms with E-state index in [0.717, 1.165) is 25.7 Å². The summed E-state index contributed by atoms with van der Waals surface area (Å²) >= 11 is 0. The van der Waals surface area contributed by atoms with Crippen LogP contribution in [0.15, 0.2) is 0 Å². The molecule has 3 saturated carbocycles. The highest BCUT2D eigenvalue weighted by molar-refractivity contribution is 6.48. The molecule has 0 aromatic rings. The molecule has 1 saturated heterocycles. The van der Waals surface area contributed by atoms with Gasteiger partial charge in [-0.25, -0.2) is 0 Å². The largest absolute Gasteiger partial charge is 0.481 e. The molecule has 1 heterocycles. The van der Waals surface area contributed by atoms with Gasteiger partial charge in [-0.1, -0.05) is 92.4 Å². The maximum atomic E-state index is 13.4. The molecule has 2 amide bonds. The molecule has 3 aliphatic carbocycles. The molecule has 40 heavy (non-hydrogen) atoms. The van der Waals surface area contributed by atoms with Gasteiger partial charge >= 0.3 is 7.12 Å². The summed E-state index contributed by atoms with van der Waals surface area (Å²) in [6.45, 7) is 14.9. The van der Waals surface area contributed by atoms with Gasteiger partial charge < -0.3 is 25.0 Å². The smallest absolute Gasteiger partial charge is 0.404 e. The monoisotopic (exact) mass is 562 g/mol. The average Bonchev–Trinajstić information content (AvgIpc) is 3.24. The zero-order valence-electron chi connectivity index (χ0n) is 26.6. The van der Waals surface area contributed by atoms with Crippen LogP contribution in [0.4, 0.5) is 0 Å². The number of rotatable bonds is 18. The van der Waals surface area contributed by atoms with Gasteiger partial charge in [-0.05, 0) is 62.7 Å². The molecule has 7 atom stereocenters. The number of amides is 2. The Morgan fingerprint density at radius 2 is 1.52 bits per heavy atom. The number of hydrogen-bond donors (Lipinski definition) is 3. The van der Waals surface area contributed by atoms with Crippen molar-refractivity contribution in [2.24, 2.45) is 23.2 Å². The molecule has 0 radical (unpaired) electrons. The lowest BCUT2D eigenvalue weighted by atomic mass is 9.43. The summed E-state index contributed by atoms with van der Waals surface area (Å²) in [4.78, 5) is 26.1. The zero-order valence-corrected chi connectivity index (χ0v) is 26.6. The van der Waals surface area contributed by atoms with Gasteiger partial charge in [0.15, 0.2) is 0 Å². The van der Waals surface area contributed by atoms with E-state index >= 15 is 0 Å². The number of aliphatic hydroxyl groups excluding tert-OH is 1. The predicted octanol–water partition coefficient (Wildman–Crippen LogP) is 5.96. The third-order valence-corrected chi connectivity index (χ3v) is 10.2. The van der Waals surface area contributed by atoms with Gasteiger partial charge in [0.05, 0.1) is 23.8 Å². The molecule has 230 valence electrons. The summed E-state index contributed by atoms with van der Waals surface area (Å²) in [5, 5.41) is 16.3. The SMILES string of the molecule is CCCCCCCCCCCCC(=O)N[C@H](C(=O)N[C@@H](CC(C)C)B1O[C@@H]2C[C@H]3C[C@H](C3(C)C)[C@]2(C)O1)[C@@H](C)O. The Bertz CT molecular complexity index is 821. The van der Waals surface area contributed by atoms with Gasteiger partial charge in [-0.2, -0.15) is 0 Å². The van der Waals surface area contributed by atoms with Crippen LogP contribution >= 0.6 is 0 Å². The molecule has 3 N–H and O–H groups in total. The highest BCUT2D eigenvalue weighted by Gasteiger charge is 2.68. The molecule has 8 heteroatoms. The van der Waals surface area contributed by atoms with Gasteiger partial charge in [0, 0.05) is 6.42 Å². The van der Waals surface area contributed by atoms with Crippen molar-refractivity contribution < 1.29 is 24.0 Å². The van der Waals surface area contributed by atoms with E-state index in [9.17, 15) is 14.7 Å². The van der Waals surface area contributed by atoms with Crippen LogP contribution in [0.2, 0.25) is 0 Å². The molecule has 7 nitrogen and oxygen atoms in total. The Morgan fingerprint density at radius 3 is 2.08 bits per heavy atom. The van der Waals surface area contributed by atoms with Crippen LogP contribution in [0.25, 0.3) is 0 Å². The quantitative estimate of drug-likeness (QED) is 0.142. The van der Waals surface area contributed by atoms with E-state index in [2.05, 4.69) is 52.2 Å². The molecule has 1 aliphatic heterocycles. The molecule has 4 aliphatic rings. The van der Waals surface area contributed by atoms with Crippen LogP contribution in [0.1, 0.15) is 138 Å². The minimum absolute atomic E-state index is 0.0363. The second kappa shape index (κ2) is 14.9. The minimum Gasteiger partial charge on any atom is -0.404 e. The van der Waals surface area contributed by atoms with Crippen molar-refractivity contribution >= 4 is 18.9 Å². The second-order valence-electron chi connectivity index (χ2n) is 14.3. The van der Waals surface area contributed by atoms with E-state index in [0.29, 0.717) is 30.6 Å². The van der Waals surface area contributed by atoms with Crippen LogP contribution in [-0.2, 0) is 18.9 Å². The predicted molar refractivity (Wildman–Crippen MR) is 162 cm³/mol. The first kappa shape index (κ1) is 33.4. The van der Waals surface area contributed by atoms with Crippen LogP contribution in [-0.4, -0.2) is 53.8 Å². The van der Waals surface area contributed by atoms with E-state index in [1.54, 1.807) is 6.92 Å². The Labute approximate surface area is 244 Å². The molecular weight excluding hydrogens is 503 g/mol. The summed E-state index contributed by atoms with van der Waals surface area (Å²) in [7, 11) is -0.534. The van der Waals surface area contributed by atoms with E-state index in [-0.39, 0.29) is 34.9 Å². The molecule has 0 aromatic carbocycles. The van der Waals surface area contributed by atoms with Crippen LogP contribution in [0.5, 0.6) is 0 Å². The van der Waals surface area contributed by atoms with E-state index in [1.165, 1.54) is 51.4 Å². The lowest BCUT2D eigenvalue weighted by Gasteiger charge is -2.64. The van der Waals surface area contributed by atoms with Crippen LogP contribution < -0.4 is 10.6 Å². The van der Waals surface area contributed by atoms with Crippen molar-refractivity contribution in [2.45, 2.75) is 168 Å². The third kappa shape index (κ3) is 8.25. The summed E-state index contributed by atoms with van der Waals surface area (Å²) in [5.74, 6) is 0.495. The highest BCUT2D eigenvalue weighted by Crippen LogP contribution is 2.65. The number of carbonyl (C=O) groups excluding carboxylic acids is 2. The first-order valence-corrected chi connectivity index (χ1v) is 16.5. The molecule has 0 unspecified atom stereocenters. The lowest BCUT2D eigenvalue weighted by Crippen LogP contribution is -2.65. The van der Waals surface area contributed by atoms with Gasteiger partial charge in [-0.3, -0.25) is 9.59 Å². The van der Waals surface area contributed by atoms with Gasteiger partial charge in [0.1, 0.15) is 6.04 Å². The summed E-state index contributed by atoms with van der Waals surface area (Å²) in [6, 6.07) is -1.00. The Kier molecular flexibility index (Phi) is 12.4. The second-order valence-corrected chi connectivity index (χ2v) is 14.3. The Hall–Kier alpha value is -1.12. The highest BCUT2D eigenvalue weighted by atomic mass is 16.7. The number of aliphatic hydroxyl groups is 1. The molecule has 2 bridgehead atoms. The number of nitrogens with one attached hydrogen (secondary N) is 2. The fourth-order valence-electron chi connectivity index (χ4n) is 7.51. The van der Waals surface area contributed by atoms with Crippen molar-refractivity contribution in [3.8, 4) is 0 Å². The van der Waals surface area contributed by atoms with Crippen molar-refractivity contribution in [1.29, 1.82) is 0 Å². The zero-order chi connectivity index (χ0) is 29.5.